The Hall–Kier alpha value is -1.78. The van der Waals surface area contributed by atoms with Crippen LogP contribution in [-0.2, 0) is 10.0 Å². The van der Waals surface area contributed by atoms with Crippen molar-refractivity contribution in [2.24, 2.45) is 0 Å². The number of unbranched alkanes of at least 4 members (excludes halogenated alkanes) is 1. The molecule has 2 aromatic rings. The third kappa shape index (κ3) is 5.86. The number of nitrogens with zero attached hydrogens (tertiary/aromatic N) is 2. The number of aromatic nitrogens is 2. The molecule has 0 saturated carbocycles. The van der Waals surface area contributed by atoms with E-state index in [1.807, 2.05) is 6.20 Å². The SMILES string of the molecule is CCCC/C(=C\C(C)(O[Si](C)(C)C(C)(C)C)c1cnccn1)c1ccccc1C. The maximum Gasteiger partial charge on any atom is 0.193 e. The number of hydrogen-bond donors (Lipinski definition) is 0. The fourth-order valence-electron chi connectivity index (χ4n) is 3.31. The van der Waals surface area contributed by atoms with Crippen molar-refractivity contribution in [3.05, 3.63) is 65.8 Å². The van der Waals surface area contributed by atoms with Crippen molar-refractivity contribution in [2.45, 2.75) is 84.5 Å². The van der Waals surface area contributed by atoms with Crippen LogP contribution in [0.4, 0.5) is 0 Å². The van der Waals surface area contributed by atoms with E-state index in [9.17, 15) is 0 Å². The Bertz CT molecular complexity index is 824. The highest BCUT2D eigenvalue weighted by Gasteiger charge is 2.43. The lowest BCUT2D eigenvalue weighted by Crippen LogP contribution is -2.47. The molecule has 158 valence electrons. The Morgan fingerprint density at radius 2 is 1.79 bits per heavy atom. The minimum Gasteiger partial charge on any atom is -0.403 e. The minimum absolute atomic E-state index is 0.108. The van der Waals surface area contributed by atoms with Gasteiger partial charge in [0, 0.05) is 12.4 Å². The topological polar surface area (TPSA) is 35.0 Å². The second-order valence-corrected chi connectivity index (χ2v) is 14.4. The molecular weight excluding hydrogens is 372 g/mol. The quantitative estimate of drug-likeness (QED) is 0.428. The van der Waals surface area contributed by atoms with Gasteiger partial charge in [-0.1, -0.05) is 58.4 Å². The van der Waals surface area contributed by atoms with Crippen LogP contribution in [-0.4, -0.2) is 18.3 Å². The first-order valence-electron chi connectivity index (χ1n) is 10.7. The molecule has 1 unspecified atom stereocenters. The first kappa shape index (κ1) is 23.5. The highest BCUT2D eigenvalue weighted by atomic mass is 28.4. The third-order valence-corrected chi connectivity index (χ3v) is 10.6. The van der Waals surface area contributed by atoms with E-state index in [1.54, 1.807) is 12.4 Å². The van der Waals surface area contributed by atoms with Gasteiger partial charge in [0.15, 0.2) is 8.32 Å². The average Bonchev–Trinajstić information content (AvgIpc) is 2.65. The van der Waals surface area contributed by atoms with E-state index in [-0.39, 0.29) is 5.04 Å². The van der Waals surface area contributed by atoms with Crippen molar-refractivity contribution in [3.8, 4) is 0 Å². The summed E-state index contributed by atoms with van der Waals surface area (Å²) in [6.07, 6.45) is 11.0. The molecule has 0 radical (unpaired) electrons. The van der Waals surface area contributed by atoms with Crippen LogP contribution in [0, 0.1) is 6.92 Å². The summed E-state index contributed by atoms with van der Waals surface area (Å²) < 4.78 is 7.01. The summed E-state index contributed by atoms with van der Waals surface area (Å²) in [5.74, 6) is 0. The van der Waals surface area contributed by atoms with Crippen LogP contribution in [0.3, 0.4) is 0 Å². The van der Waals surface area contributed by atoms with Crippen LogP contribution >= 0.6 is 0 Å². The van der Waals surface area contributed by atoms with Crippen molar-refractivity contribution >= 4 is 13.9 Å². The van der Waals surface area contributed by atoms with Crippen LogP contribution in [0.5, 0.6) is 0 Å². The zero-order chi connectivity index (χ0) is 21.7. The first-order valence-corrected chi connectivity index (χ1v) is 13.7. The van der Waals surface area contributed by atoms with Gasteiger partial charge in [-0.15, -0.1) is 0 Å². The van der Waals surface area contributed by atoms with Crippen LogP contribution in [0.15, 0.2) is 48.9 Å². The fourth-order valence-corrected chi connectivity index (χ4v) is 4.84. The summed E-state index contributed by atoms with van der Waals surface area (Å²) in [5.41, 5.74) is 4.17. The van der Waals surface area contributed by atoms with Crippen LogP contribution in [0.2, 0.25) is 18.1 Å². The predicted molar refractivity (Wildman–Crippen MR) is 126 cm³/mol. The maximum absolute atomic E-state index is 7.01. The van der Waals surface area contributed by atoms with Crippen molar-refractivity contribution in [1.82, 2.24) is 9.97 Å². The summed E-state index contributed by atoms with van der Waals surface area (Å²) in [4.78, 5) is 9.00. The Morgan fingerprint density at radius 1 is 1.10 bits per heavy atom. The third-order valence-electron chi connectivity index (χ3n) is 6.09. The lowest BCUT2D eigenvalue weighted by molar-refractivity contribution is 0.116. The summed E-state index contributed by atoms with van der Waals surface area (Å²) in [7, 11) is -2.05. The van der Waals surface area contributed by atoms with E-state index < -0.39 is 13.9 Å². The molecule has 3 nitrogen and oxygen atoms in total. The minimum atomic E-state index is -2.05. The predicted octanol–water partition coefficient (Wildman–Crippen LogP) is 7.30. The van der Waals surface area contributed by atoms with Gasteiger partial charge in [0.1, 0.15) is 5.60 Å². The molecule has 1 aromatic carbocycles. The van der Waals surface area contributed by atoms with Crippen molar-refractivity contribution < 1.29 is 4.43 Å². The van der Waals surface area contributed by atoms with Crippen molar-refractivity contribution in [1.29, 1.82) is 0 Å². The molecule has 1 atom stereocenters. The van der Waals surface area contributed by atoms with Crippen LogP contribution < -0.4 is 0 Å². The fraction of sp³-hybridized carbons (Fsp3) is 0.520. The molecule has 0 N–H and O–H groups in total. The van der Waals surface area contributed by atoms with Crippen molar-refractivity contribution in [2.75, 3.05) is 0 Å². The van der Waals surface area contributed by atoms with Gasteiger partial charge in [0.2, 0.25) is 0 Å². The summed E-state index contributed by atoms with van der Waals surface area (Å²) in [6.45, 7) is 18.0. The molecule has 2 rings (SSSR count). The van der Waals surface area contributed by atoms with E-state index >= 15 is 0 Å². The summed E-state index contributed by atoms with van der Waals surface area (Å²) in [6, 6.07) is 8.63. The smallest absolute Gasteiger partial charge is 0.193 e. The Labute approximate surface area is 178 Å². The number of rotatable bonds is 8. The zero-order valence-corrected chi connectivity index (χ0v) is 20.5. The largest absolute Gasteiger partial charge is 0.403 e. The van der Waals surface area contributed by atoms with Crippen LogP contribution in [0.1, 0.15) is 70.7 Å². The Balaban J connectivity index is 2.63. The second kappa shape index (κ2) is 9.35. The maximum atomic E-state index is 7.01. The van der Waals surface area contributed by atoms with Crippen LogP contribution in [0.25, 0.3) is 5.57 Å². The molecule has 0 aliphatic heterocycles. The lowest BCUT2D eigenvalue weighted by atomic mass is 9.90. The Kier molecular flexibility index (Phi) is 7.58. The number of hydrogen-bond acceptors (Lipinski definition) is 3. The molecule has 0 saturated heterocycles. The average molecular weight is 411 g/mol. The van der Waals surface area contributed by atoms with Gasteiger partial charge in [-0.2, -0.15) is 0 Å². The molecule has 0 aliphatic carbocycles. The van der Waals surface area contributed by atoms with E-state index in [2.05, 4.69) is 94.9 Å². The second-order valence-electron chi connectivity index (χ2n) is 9.65. The molecule has 0 fully saturated rings. The molecule has 1 heterocycles. The molecule has 29 heavy (non-hydrogen) atoms. The monoisotopic (exact) mass is 410 g/mol. The van der Waals surface area contributed by atoms with Gasteiger partial charge in [0.25, 0.3) is 0 Å². The van der Waals surface area contributed by atoms with Gasteiger partial charge in [0.05, 0.1) is 11.9 Å². The molecule has 4 heteroatoms. The van der Waals surface area contributed by atoms with E-state index in [0.717, 1.165) is 25.0 Å². The first-order chi connectivity index (χ1) is 13.5. The van der Waals surface area contributed by atoms with Crippen molar-refractivity contribution in [3.63, 3.8) is 0 Å². The van der Waals surface area contributed by atoms with Gasteiger partial charge in [-0.3, -0.25) is 9.97 Å². The molecule has 0 aliphatic rings. The van der Waals surface area contributed by atoms with E-state index in [1.165, 1.54) is 16.7 Å². The van der Waals surface area contributed by atoms with E-state index in [4.69, 9.17) is 4.43 Å². The highest BCUT2D eigenvalue weighted by molar-refractivity contribution is 6.74. The zero-order valence-electron chi connectivity index (χ0n) is 19.5. The lowest BCUT2D eigenvalue weighted by Gasteiger charge is -2.43. The molecular formula is C25H38N2OSi. The molecule has 0 amide bonds. The van der Waals surface area contributed by atoms with E-state index in [0.29, 0.717) is 0 Å². The molecule has 0 bridgehead atoms. The highest BCUT2D eigenvalue weighted by Crippen LogP contribution is 2.43. The van der Waals surface area contributed by atoms with Gasteiger partial charge >= 0.3 is 0 Å². The molecule has 0 spiro atoms. The van der Waals surface area contributed by atoms with Gasteiger partial charge < -0.3 is 4.43 Å². The van der Waals surface area contributed by atoms with Gasteiger partial charge in [-0.25, -0.2) is 0 Å². The standard InChI is InChI=1S/C25H38N2OSi/c1-9-10-14-21(22-15-12-11-13-20(22)2)18-25(6,23-19-26-16-17-27-23)28-29(7,8)24(3,4)5/h11-13,15-19H,9-10,14H2,1-8H3/b21-18+. The number of allylic oxidation sites excluding steroid dienone is 1. The Morgan fingerprint density at radius 3 is 2.34 bits per heavy atom. The number of benzene rings is 1. The molecule has 1 aromatic heterocycles. The summed E-state index contributed by atoms with van der Waals surface area (Å²) >= 11 is 0. The van der Waals surface area contributed by atoms with Gasteiger partial charge in [-0.05, 0) is 67.6 Å². The number of aryl methyl sites for hydroxylation is 1. The summed E-state index contributed by atoms with van der Waals surface area (Å²) in [5, 5.41) is 0.108. The normalized spacial score (nSPS) is 15.2.